The van der Waals surface area contributed by atoms with Crippen LogP contribution in [0.5, 0.6) is 17.2 Å². The van der Waals surface area contributed by atoms with Crippen molar-refractivity contribution in [2.75, 3.05) is 14.2 Å². The molecule has 8 nitrogen and oxygen atoms in total. The minimum atomic E-state index is -0.737. The first-order valence-corrected chi connectivity index (χ1v) is 13.7. The van der Waals surface area contributed by atoms with Crippen LogP contribution in [0.15, 0.2) is 64.1 Å². The monoisotopic (exact) mass is 545 g/mol. The van der Waals surface area contributed by atoms with Gasteiger partial charge in [0.15, 0.2) is 11.6 Å². The molecular formula is C30H27NO7S. The smallest absolute Gasteiger partial charge is 0.234 e. The second kappa shape index (κ2) is 9.34. The number of rotatable bonds is 5. The summed E-state index contributed by atoms with van der Waals surface area (Å²) in [6, 6.07) is 6.67. The molecule has 1 aliphatic heterocycles. The molecular weight excluding hydrogens is 518 g/mol. The summed E-state index contributed by atoms with van der Waals surface area (Å²) < 4.78 is 11.3. The molecule has 0 bridgehead atoms. The normalized spacial score (nSPS) is 26.2. The number of thiophene rings is 1. The van der Waals surface area contributed by atoms with Crippen molar-refractivity contribution < 1.29 is 33.8 Å². The summed E-state index contributed by atoms with van der Waals surface area (Å²) in [7, 11) is 2.92. The maximum atomic E-state index is 13.8. The van der Waals surface area contributed by atoms with Gasteiger partial charge in [0.05, 0.1) is 32.6 Å². The first kappa shape index (κ1) is 25.3. The summed E-state index contributed by atoms with van der Waals surface area (Å²) in [6.45, 7) is 1.84. The van der Waals surface area contributed by atoms with Gasteiger partial charge in [-0.3, -0.25) is 24.1 Å². The van der Waals surface area contributed by atoms with Gasteiger partial charge in [0.1, 0.15) is 17.2 Å². The molecule has 1 aromatic carbocycles. The predicted molar refractivity (Wildman–Crippen MR) is 142 cm³/mol. The number of nitrogens with zero attached hydrogens (tertiary/aromatic N) is 1. The summed E-state index contributed by atoms with van der Waals surface area (Å²) in [4.78, 5) is 56.5. The quantitative estimate of drug-likeness (QED) is 0.342. The molecule has 9 heteroatoms. The fourth-order valence-electron chi connectivity index (χ4n) is 6.68. The topological polar surface area (TPSA) is 110 Å². The number of allylic oxidation sites excluding steroid dienone is 6. The van der Waals surface area contributed by atoms with E-state index in [2.05, 4.69) is 0 Å². The van der Waals surface area contributed by atoms with Crippen LogP contribution in [0.3, 0.4) is 0 Å². The number of hydrogen-bond donors (Lipinski definition) is 1. The fourth-order valence-corrected chi connectivity index (χ4v) is 7.37. The van der Waals surface area contributed by atoms with Crippen LogP contribution in [-0.4, -0.2) is 47.6 Å². The third kappa shape index (κ3) is 3.78. The Morgan fingerprint density at radius 3 is 2.41 bits per heavy atom. The molecule has 0 unspecified atom stereocenters. The number of ketones is 2. The number of Topliss-reactive ketones (excluding diaryl/α,β-unsaturated/α-hetero) is 1. The molecule has 1 saturated heterocycles. The first-order chi connectivity index (χ1) is 18.7. The zero-order valence-corrected chi connectivity index (χ0v) is 22.5. The van der Waals surface area contributed by atoms with Crippen molar-refractivity contribution in [3.05, 3.63) is 74.5 Å². The van der Waals surface area contributed by atoms with Crippen molar-refractivity contribution in [3.8, 4) is 17.2 Å². The number of amides is 2. The number of benzene rings is 1. The molecule has 0 saturated carbocycles. The van der Waals surface area contributed by atoms with Crippen LogP contribution in [0.2, 0.25) is 0 Å². The van der Waals surface area contributed by atoms with Gasteiger partial charge >= 0.3 is 0 Å². The minimum absolute atomic E-state index is 0.0744. The van der Waals surface area contributed by atoms with Crippen molar-refractivity contribution in [1.82, 2.24) is 4.90 Å². The van der Waals surface area contributed by atoms with E-state index in [9.17, 15) is 24.3 Å². The Hall–Kier alpha value is -3.98. The van der Waals surface area contributed by atoms with E-state index < -0.39 is 23.7 Å². The van der Waals surface area contributed by atoms with Crippen LogP contribution >= 0.6 is 11.3 Å². The number of phenolic OH excluding ortho intramolecular Hbond substituents is 1. The number of likely N-dealkylation sites (tertiary alicyclic amines) is 1. The maximum absolute atomic E-state index is 13.8. The van der Waals surface area contributed by atoms with Crippen LogP contribution in [0.4, 0.5) is 0 Å². The summed E-state index contributed by atoms with van der Waals surface area (Å²) in [5, 5.41) is 12.2. The highest BCUT2D eigenvalue weighted by Gasteiger charge is 2.56. The molecule has 6 rings (SSSR count). The molecule has 0 radical (unpaired) electrons. The van der Waals surface area contributed by atoms with Crippen molar-refractivity contribution in [2.24, 2.45) is 17.8 Å². The standard InChI is InChI=1S/C30H27NO7S/c1-14-9-21(33)20-12-19-17(6-7-18-24(19)30(36)31(29(18)35)13-16-5-4-8-39-16)25(26(20)28(14)34)27-22(37-2)10-15(32)11-23(27)38-3/h4-6,8-11,18-19,24-25,32H,7,12-13H2,1-3H3/t18-,19+,24-,25-/m0/s1. The van der Waals surface area contributed by atoms with Crippen LogP contribution in [0, 0.1) is 17.8 Å². The molecule has 4 aliphatic rings. The Morgan fingerprint density at radius 1 is 1.05 bits per heavy atom. The predicted octanol–water partition coefficient (Wildman–Crippen LogP) is 4.10. The SMILES string of the molecule is COc1cc(O)cc(OC)c1[C@H]1C2=CC[C@@H]3C(=O)N(Cc4cccs4)C(=O)[C@@H]3[C@@H]2CC2=C1C(=O)C(C)=CC2=O. The Labute approximate surface area is 229 Å². The highest BCUT2D eigenvalue weighted by Crippen LogP contribution is 2.58. The number of imide groups is 1. The molecule has 2 amide bonds. The van der Waals surface area contributed by atoms with Crippen molar-refractivity contribution in [2.45, 2.75) is 32.2 Å². The van der Waals surface area contributed by atoms with Gasteiger partial charge in [0.2, 0.25) is 11.8 Å². The van der Waals surface area contributed by atoms with Gasteiger partial charge in [0.25, 0.3) is 0 Å². The number of carbonyl (C=O) groups is 4. The Balaban J connectivity index is 1.52. The van der Waals surface area contributed by atoms with Crippen molar-refractivity contribution in [1.29, 1.82) is 0 Å². The third-order valence-corrected chi connectivity index (χ3v) is 9.23. The van der Waals surface area contributed by atoms with E-state index >= 15 is 0 Å². The first-order valence-electron chi connectivity index (χ1n) is 12.8. The molecule has 3 aliphatic carbocycles. The second-order valence-corrected chi connectivity index (χ2v) is 11.4. The zero-order valence-electron chi connectivity index (χ0n) is 21.7. The number of methoxy groups -OCH3 is 2. The Kier molecular flexibility index (Phi) is 6.06. The Bertz CT molecular complexity index is 1510. The van der Waals surface area contributed by atoms with E-state index in [1.165, 1.54) is 48.7 Å². The molecule has 1 fully saturated rings. The number of fused-ring (bicyclic) bond motifs is 3. The molecule has 1 aromatic heterocycles. The molecule has 2 heterocycles. The van der Waals surface area contributed by atoms with Gasteiger partial charge in [-0.05, 0) is 43.2 Å². The van der Waals surface area contributed by atoms with Crippen LogP contribution < -0.4 is 9.47 Å². The summed E-state index contributed by atoms with van der Waals surface area (Å²) in [5.41, 5.74) is 2.33. The van der Waals surface area contributed by atoms with Gasteiger partial charge in [-0.1, -0.05) is 17.7 Å². The molecule has 200 valence electrons. The minimum Gasteiger partial charge on any atom is -0.508 e. The lowest BCUT2D eigenvalue weighted by Crippen LogP contribution is -2.40. The number of aromatic hydroxyl groups is 1. The number of hydrogen-bond acceptors (Lipinski definition) is 8. The van der Waals surface area contributed by atoms with Crippen LogP contribution in [0.1, 0.15) is 36.1 Å². The molecule has 2 aromatic rings. The number of phenols is 1. The highest BCUT2D eigenvalue weighted by atomic mass is 32.1. The average molecular weight is 546 g/mol. The lowest BCUT2D eigenvalue weighted by molar-refractivity contribution is -0.140. The lowest BCUT2D eigenvalue weighted by Gasteiger charge is -2.42. The largest absolute Gasteiger partial charge is 0.508 e. The molecule has 4 atom stereocenters. The second-order valence-electron chi connectivity index (χ2n) is 10.3. The summed E-state index contributed by atoms with van der Waals surface area (Å²) in [5.74, 6) is -2.80. The number of ether oxygens (including phenoxy) is 2. The van der Waals surface area contributed by atoms with Crippen LogP contribution in [-0.2, 0) is 25.7 Å². The third-order valence-electron chi connectivity index (χ3n) is 8.37. The average Bonchev–Trinajstić information content (AvgIpc) is 3.53. The van der Waals surface area contributed by atoms with E-state index in [4.69, 9.17) is 9.47 Å². The van der Waals surface area contributed by atoms with E-state index in [0.717, 1.165) is 10.5 Å². The van der Waals surface area contributed by atoms with Crippen LogP contribution in [0.25, 0.3) is 0 Å². The van der Waals surface area contributed by atoms with Gasteiger partial charge in [-0.2, -0.15) is 0 Å². The zero-order chi connectivity index (χ0) is 27.6. The lowest BCUT2D eigenvalue weighted by atomic mass is 9.59. The van der Waals surface area contributed by atoms with Crippen molar-refractivity contribution in [3.63, 3.8) is 0 Å². The van der Waals surface area contributed by atoms with E-state index in [1.54, 1.807) is 6.92 Å². The summed E-state index contributed by atoms with van der Waals surface area (Å²) >= 11 is 1.49. The van der Waals surface area contributed by atoms with E-state index in [-0.39, 0.29) is 42.1 Å². The molecule has 1 N–H and O–H groups in total. The maximum Gasteiger partial charge on any atom is 0.234 e. The summed E-state index contributed by atoms with van der Waals surface area (Å²) in [6.07, 6.45) is 3.85. The fraction of sp³-hybridized carbons (Fsp3) is 0.333. The molecule has 39 heavy (non-hydrogen) atoms. The van der Waals surface area contributed by atoms with Gasteiger partial charge in [0, 0.05) is 45.2 Å². The van der Waals surface area contributed by atoms with Gasteiger partial charge < -0.3 is 14.6 Å². The van der Waals surface area contributed by atoms with E-state index in [0.29, 0.717) is 40.2 Å². The van der Waals surface area contributed by atoms with Gasteiger partial charge in [-0.25, -0.2) is 0 Å². The Morgan fingerprint density at radius 2 is 1.77 bits per heavy atom. The number of carbonyl (C=O) groups excluding carboxylic acids is 4. The van der Waals surface area contributed by atoms with Gasteiger partial charge in [-0.15, -0.1) is 11.3 Å². The highest BCUT2D eigenvalue weighted by molar-refractivity contribution is 7.09. The van der Waals surface area contributed by atoms with Crippen molar-refractivity contribution >= 4 is 34.7 Å². The molecule has 0 spiro atoms. The van der Waals surface area contributed by atoms with E-state index in [1.807, 2.05) is 23.6 Å².